The Morgan fingerprint density at radius 2 is 1.75 bits per heavy atom. The number of halogens is 1. The minimum absolute atomic E-state index is 0.613. The van der Waals surface area contributed by atoms with E-state index in [0.29, 0.717) is 5.41 Å². The molecule has 0 amide bonds. The maximum absolute atomic E-state index is 5.96. The number of nitrogens with one attached hydrogen (secondary N) is 1. The lowest BCUT2D eigenvalue weighted by Crippen LogP contribution is -2.26. The highest BCUT2D eigenvalue weighted by atomic mass is 35.5. The van der Waals surface area contributed by atoms with Crippen molar-refractivity contribution in [3.63, 3.8) is 0 Å². The van der Waals surface area contributed by atoms with Gasteiger partial charge in [0.15, 0.2) is 0 Å². The van der Waals surface area contributed by atoms with Crippen molar-refractivity contribution in [1.29, 1.82) is 0 Å². The lowest BCUT2D eigenvalue weighted by atomic mass is 9.77. The van der Waals surface area contributed by atoms with Gasteiger partial charge in [-0.25, -0.2) is 0 Å². The van der Waals surface area contributed by atoms with E-state index in [1.807, 2.05) is 12.1 Å². The first kappa shape index (κ1) is 14.4. The molecule has 2 saturated carbocycles. The Labute approximate surface area is 128 Å². The summed E-state index contributed by atoms with van der Waals surface area (Å²) in [6, 6.07) is 9.27. The molecule has 0 heterocycles. The first-order chi connectivity index (χ1) is 9.76. The van der Waals surface area contributed by atoms with Gasteiger partial charge in [-0.1, -0.05) is 36.6 Å². The first-order valence-electron chi connectivity index (χ1n) is 8.24. The zero-order valence-electron chi connectivity index (χ0n) is 12.3. The highest BCUT2D eigenvalue weighted by Crippen LogP contribution is 2.44. The molecule has 1 aromatic carbocycles. The van der Waals surface area contributed by atoms with Crippen LogP contribution in [0.1, 0.15) is 56.9 Å². The molecule has 0 spiro atoms. The van der Waals surface area contributed by atoms with Crippen LogP contribution in [0.25, 0.3) is 0 Å². The molecule has 20 heavy (non-hydrogen) atoms. The predicted molar refractivity (Wildman–Crippen MR) is 86.3 cm³/mol. The van der Waals surface area contributed by atoms with Crippen molar-refractivity contribution < 1.29 is 0 Å². The molecule has 1 aromatic rings. The number of aryl methyl sites for hydroxylation is 1. The van der Waals surface area contributed by atoms with Crippen LogP contribution in [0.5, 0.6) is 0 Å². The molecule has 0 atom stereocenters. The van der Waals surface area contributed by atoms with Crippen LogP contribution in [0.4, 0.5) is 0 Å². The van der Waals surface area contributed by atoms with E-state index in [0.717, 1.165) is 11.1 Å². The molecular weight excluding hydrogens is 266 g/mol. The molecule has 0 aliphatic heterocycles. The van der Waals surface area contributed by atoms with Gasteiger partial charge < -0.3 is 5.32 Å². The largest absolute Gasteiger partial charge is 0.314 e. The van der Waals surface area contributed by atoms with Crippen LogP contribution in [0.15, 0.2) is 24.3 Å². The molecule has 0 unspecified atom stereocenters. The fraction of sp³-hybridized carbons (Fsp3) is 0.667. The number of rotatable bonds is 7. The molecule has 0 saturated heterocycles. The van der Waals surface area contributed by atoms with Crippen molar-refractivity contribution in [2.24, 2.45) is 5.41 Å². The third-order valence-corrected chi connectivity index (χ3v) is 5.44. The fourth-order valence-electron chi connectivity index (χ4n) is 3.64. The Bertz CT molecular complexity index is 416. The molecule has 1 N–H and O–H groups in total. The first-order valence-corrected chi connectivity index (χ1v) is 8.61. The molecule has 2 fully saturated rings. The van der Waals surface area contributed by atoms with Gasteiger partial charge in [0.05, 0.1) is 0 Å². The van der Waals surface area contributed by atoms with Crippen LogP contribution in [0, 0.1) is 5.41 Å². The third-order valence-electron chi connectivity index (χ3n) is 5.19. The molecule has 0 radical (unpaired) electrons. The van der Waals surface area contributed by atoms with Gasteiger partial charge in [-0.2, -0.15) is 0 Å². The minimum atomic E-state index is 0.613. The Kier molecular flexibility index (Phi) is 4.68. The fourth-order valence-corrected chi connectivity index (χ4v) is 3.77. The molecule has 2 heteroatoms. The van der Waals surface area contributed by atoms with E-state index >= 15 is 0 Å². The zero-order chi connectivity index (χ0) is 13.8. The molecule has 0 bridgehead atoms. The summed E-state index contributed by atoms with van der Waals surface area (Å²) in [6.07, 6.45) is 12.5. The molecule has 1 nitrogen and oxygen atoms in total. The maximum Gasteiger partial charge on any atom is 0.0406 e. The summed E-state index contributed by atoms with van der Waals surface area (Å²) in [5.74, 6) is 0. The van der Waals surface area contributed by atoms with Gasteiger partial charge in [0.25, 0.3) is 0 Å². The van der Waals surface area contributed by atoms with E-state index in [4.69, 9.17) is 11.6 Å². The van der Waals surface area contributed by atoms with E-state index < -0.39 is 0 Å². The number of hydrogen-bond donors (Lipinski definition) is 1. The van der Waals surface area contributed by atoms with Crippen molar-refractivity contribution in [2.45, 2.75) is 63.8 Å². The summed E-state index contributed by atoms with van der Waals surface area (Å²) in [4.78, 5) is 0. The predicted octanol–water partition coefficient (Wildman–Crippen LogP) is 4.98. The van der Waals surface area contributed by atoms with E-state index in [2.05, 4.69) is 17.4 Å². The lowest BCUT2D eigenvalue weighted by molar-refractivity contribution is 0.245. The van der Waals surface area contributed by atoms with Crippen LogP contribution < -0.4 is 5.32 Å². The van der Waals surface area contributed by atoms with Crippen LogP contribution in [0.2, 0.25) is 5.02 Å². The molecule has 2 aliphatic rings. The Morgan fingerprint density at radius 1 is 1.05 bits per heavy atom. The van der Waals surface area contributed by atoms with Gasteiger partial charge in [-0.15, -0.1) is 0 Å². The van der Waals surface area contributed by atoms with E-state index in [-0.39, 0.29) is 0 Å². The van der Waals surface area contributed by atoms with E-state index in [9.17, 15) is 0 Å². The average Bonchev–Trinajstić information content (AvgIpc) is 3.16. The highest BCUT2D eigenvalue weighted by Gasteiger charge is 2.33. The van der Waals surface area contributed by atoms with Gasteiger partial charge in [0.2, 0.25) is 0 Å². The topological polar surface area (TPSA) is 12.0 Å². The lowest BCUT2D eigenvalue weighted by Gasteiger charge is -2.29. The van der Waals surface area contributed by atoms with E-state index in [1.165, 1.54) is 69.9 Å². The Hall–Kier alpha value is -0.530. The second-order valence-electron chi connectivity index (χ2n) is 6.81. The maximum atomic E-state index is 5.96. The normalized spacial score (nSPS) is 21.2. The Balaban J connectivity index is 1.51. The summed E-state index contributed by atoms with van der Waals surface area (Å²) in [5.41, 5.74) is 2.05. The van der Waals surface area contributed by atoms with Crippen LogP contribution in [0.3, 0.4) is 0 Å². The average molecular weight is 292 g/mol. The van der Waals surface area contributed by atoms with Crippen molar-refractivity contribution in [2.75, 3.05) is 6.54 Å². The SMILES string of the molecule is Clc1ccc(CCC2(CCNC3CC3)CCCC2)cc1. The molecular formula is C18H26ClN. The Morgan fingerprint density at radius 3 is 2.40 bits per heavy atom. The standard InChI is InChI=1S/C18H26ClN/c19-16-5-3-15(4-6-16)9-12-18(10-1-2-11-18)13-14-20-17-7-8-17/h3-6,17,20H,1-2,7-14H2. The highest BCUT2D eigenvalue weighted by molar-refractivity contribution is 6.30. The monoisotopic (exact) mass is 291 g/mol. The number of benzene rings is 1. The van der Waals surface area contributed by atoms with E-state index in [1.54, 1.807) is 0 Å². The van der Waals surface area contributed by atoms with Crippen LogP contribution in [-0.4, -0.2) is 12.6 Å². The van der Waals surface area contributed by atoms with Gasteiger partial charge in [-0.05, 0) is 74.6 Å². The summed E-state index contributed by atoms with van der Waals surface area (Å²) < 4.78 is 0. The summed E-state index contributed by atoms with van der Waals surface area (Å²) in [5, 5.41) is 4.54. The summed E-state index contributed by atoms with van der Waals surface area (Å²) in [7, 11) is 0. The van der Waals surface area contributed by atoms with Crippen molar-refractivity contribution >= 4 is 11.6 Å². The summed E-state index contributed by atoms with van der Waals surface area (Å²) in [6.45, 7) is 1.23. The van der Waals surface area contributed by atoms with Crippen LogP contribution in [-0.2, 0) is 6.42 Å². The third kappa shape index (κ3) is 3.99. The molecule has 110 valence electrons. The van der Waals surface area contributed by atoms with Crippen molar-refractivity contribution in [3.8, 4) is 0 Å². The zero-order valence-corrected chi connectivity index (χ0v) is 13.1. The quantitative estimate of drug-likeness (QED) is 0.747. The smallest absolute Gasteiger partial charge is 0.0406 e. The molecule has 2 aliphatic carbocycles. The number of hydrogen-bond acceptors (Lipinski definition) is 1. The second-order valence-corrected chi connectivity index (χ2v) is 7.25. The van der Waals surface area contributed by atoms with Gasteiger partial charge in [-0.3, -0.25) is 0 Å². The van der Waals surface area contributed by atoms with Crippen molar-refractivity contribution in [3.05, 3.63) is 34.9 Å². The molecule has 3 rings (SSSR count). The molecule has 0 aromatic heterocycles. The van der Waals surface area contributed by atoms with Crippen LogP contribution >= 0.6 is 11.6 Å². The van der Waals surface area contributed by atoms with Gasteiger partial charge in [0, 0.05) is 11.1 Å². The minimum Gasteiger partial charge on any atom is -0.314 e. The van der Waals surface area contributed by atoms with Gasteiger partial charge in [0.1, 0.15) is 0 Å². The van der Waals surface area contributed by atoms with Crippen molar-refractivity contribution in [1.82, 2.24) is 5.32 Å². The summed E-state index contributed by atoms with van der Waals surface area (Å²) >= 11 is 5.96. The second kappa shape index (κ2) is 6.49. The van der Waals surface area contributed by atoms with Gasteiger partial charge >= 0.3 is 0 Å².